The number of nitro benzene ring substituents is 1. The molecule has 25 heavy (non-hydrogen) atoms. The molecule has 0 N–H and O–H groups in total. The summed E-state index contributed by atoms with van der Waals surface area (Å²) in [4.78, 5) is 10.3. The predicted octanol–water partition coefficient (Wildman–Crippen LogP) is 5.10. The Morgan fingerprint density at radius 1 is 1.12 bits per heavy atom. The molecule has 0 atom stereocenters. The minimum atomic E-state index is -0.436. The van der Waals surface area contributed by atoms with Gasteiger partial charge in [-0.2, -0.15) is 5.26 Å². The van der Waals surface area contributed by atoms with Crippen LogP contribution in [0.15, 0.2) is 66.9 Å². The summed E-state index contributed by atoms with van der Waals surface area (Å²) in [5.41, 5.74) is 2.87. The lowest BCUT2D eigenvalue weighted by molar-refractivity contribution is -0.384. The normalized spacial score (nSPS) is 11.1. The van der Waals surface area contributed by atoms with E-state index in [2.05, 4.69) is 6.07 Å². The van der Waals surface area contributed by atoms with Crippen molar-refractivity contribution in [3.63, 3.8) is 0 Å². The first-order valence-corrected chi connectivity index (χ1v) is 7.76. The van der Waals surface area contributed by atoms with Crippen LogP contribution < -0.4 is 0 Å². The lowest BCUT2D eigenvalue weighted by Crippen LogP contribution is -1.96. The second kappa shape index (κ2) is 7.04. The second-order valence-electron chi connectivity index (χ2n) is 5.25. The van der Waals surface area contributed by atoms with Crippen LogP contribution >= 0.6 is 11.6 Å². The summed E-state index contributed by atoms with van der Waals surface area (Å²) in [7, 11) is 0. The highest BCUT2D eigenvalue weighted by atomic mass is 35.5. The number of allylic oxidation sites excluding steroid dienone is 1. The van der Waals surface area contributed by atoms with E-state index in [1.54, 1.807) is 42.5 Å². The largest absolute Gasteiger partial charge is 0.317 e. The van der Waals surface area contributed by atoms with E-state index in [9.17, 15) is 15.4 Å². The summed E-state index contributed by atoms with van der Waals surface area (Å²) in [5.74, 6) is 0. The fourth-order valence-electron chi connectivity index (χ4n) is 2.44. The van der Waals surface area contributed by atoms with Crippen LogP contribution in [-0.2, 0) is 0 Å². The first-order valence-electron chi connectivity index (χ1n) is 7.38. The summed E-state index contributed by atoms with van der Waals surface area (Å²) in [6, 6.07) is 19.2. The van der Waals surface area contributed by atoms with Gasteiger partial charge in [0.15, 0.2) is 0 Å². The third kappa shape index (κ3) is 3.60. The van der Waals surface area contributed by atoms with Gasteiger partial charge in [0.25, 0.3) is 5.69 Å². The molecule has 1 heterocycles. The minimum absolute atomic E-state index is 0.0341. The van der Waals surface area contributed by atoms with Gasteiger partial charge in [0.05, 0.1) is 16.6 Å². The van der Waals surface area contributed by atoms with E-state index in [0.29, 0.717) is 10.6 Å². The number of nitro groups is 1. The number of rotatable bonds is 4. The van der Waals surface area contributed by atoms with Crippen LogP contribution in [0.3, 0.4) is 0 Å². The lowest BCUT2D eigenvalue weighted by atomic mass is 10.1. The number of hydrogen-bond donors (Lipinski definition) is 0. The molecule has 3 rings (SSSR count). The molecule has 0 spiro atoms. The molecule has 0 saturated carbocycles. The molecule has 0 fully saturated rings. The zero-order chi connectivity index (χ0) is 17.8. The molecule has 1 aromatic heterocycles. The van der Waals surface area contributed by atoms with Crippen LogP contribution in [0.1, 0.15) is 11.3 Å². The van der Waals surface area contributed by atoms with Crippen LogP contribution in [0.2, 0.25) is 5.02 Å². The van der Waals surface area contributed by atoms with Crippen molar-refractivity contribution in [2.24, 2.45) is 0 Å². The molecule has 5 nitrogen and oxygen atoms in total. The van der Waals surface area contributed by atoms with E-state index in [0.717, 1.165) is 16.9 Å². The maximum absolute atomic E-state index is 10.8. The van der Waals surface area contributed by atoms with Gasteiger partial charge in [-0.15, -0.1) is 0 Å². The van der Waals surface area contributed by atoms with Gasteiger partial charge < -0.3 is 4.57 Å². The van der Waals surface area contributed by atoms with Gasteiger partial charge in [-0.1, -0.05) is 23.7 Å². The molecule has 2 aromatic carbocycles. The Balaban J connectivity index is 1.99. The van der Waals surface area contributed by atoms with Crippen molar-refractivity contribution in [1.82, 2.24) is 4.57 Å². The minimum Gasteiger partial charge on any atom is -0.317 e. The zero-order valence-electron chi connectivity index (χ0n) is 13.0. The summed E-state index contributed by atoms with van der Waals surface area (Å²) in [6.45, 7) is 0. The van der Waals surface area contributed by atoms with Gasteiger partial charge in [0.2, 0.25) is 0 Å². The number of hydrogen-bond acceptors (Lipinski definition) is 3. The standard InChI is InChI=1S/C19H12ClN3O2/c20-16-5-3-14(4-6-16)15(13-21)12-19-2-1-11-22(19)17-7-9-18(10-8-17)23(24)25/h1-12H/b15-12-. The summed E-state index contributed by atoms with van der Waals surface area (Å²) >= 11 is 5.89. The van der Waals surface area contributed by atoms with E-state index in [1.165, 1.54) is 12.1 Å². The number of non-ortho nitro benzene ring substituents is 1. The van der Waals surface area contributed by atoms with Crippen LogP contribution in [0.4, 0.5) is 5.69 Å². The fourth-order valence-corrected chi connectivity index (χ4v) is 2.57. The van der Waals surface area contributed by atoms with Gasteiger partial charge >= 0.3 is 0 Å². The third-order valence-electron chi connectivity index (χ3n) is 3.69. The smallest absolute Gasteiger partial charge is 0.269 e. The lowest BCUT2D eigenvalue weighted by Gasteiger charge is -2.07. The number of nitriles is 1. The Bertz CT molecular complexity index is 981. The van der Waals surface area contributed by atoms with Crippen molar-refractivity contribution in [2.45, 2.75) is 0 Å². The van der Waals surface area contributed by atoms with E-state index < -0.39 is 4.92 Å². The van der Waals surface area contributed by atoms with E-state index in [4.69, 9.17) is 11.6 Å². The van der Waals surface area contributed by atoms with E-state index in [1.807, 2.05) is 22.9 Å². The highest BCUT2D eigenvalue weighted by Crippen LogP contribution is 2.23. The maximum atomic E-state index is 10.8. The van der Waals surface area contributed by atoms with Gasteiger partial charge in [-0.05, 0) is 48.0 Å². The van der Waals surface area contributed by atoms with Crippen LogP contribution in [0.5, 0.6) is 0 Å². The molecule has 0 amide bonds. The SMILES string of the molecule is N#C/C(=C/c1cccn1-c1ccc([N+](=O)[O-])cc1)c1ccc(Cl)cc1. The zero-order valence-corrected chi connectivity index (χ0v) is 13.7. The average Bonchev–Trinajstić information content (AvgIpc) is 3.09. The van der Waals surface area contributed by atoms with Crippen molar-refractivity contribution in [2.75, 3.05) is 0 Å². The first-order chi connectivity index (χ1) is 12.1. The summed E-state index contributed by atoms with van der Waals surface area (Å²) in [5, 5.41) is 20.9. The molecule has 6 heteroatoms. The number of benzene rings is 2. The Morgan fingerprint density at radius 2 is 1.80 bits per heavy atom. The van der Waals surface area contributed by atoms with Crippen molar-refractivity contribution >= 4 is 28.9 Å². The quantitative estimate of drug-likeness (QED) is 0.373. The van der Waals surface area contributed by atoms with Crippen molar-refractivity contribution in [3.05, 3.63) is 93.3 Å². The second-order valence-corrected chi connectivity index (χ2v) is 5.69. The highest BCUT2D eigenvalue weighted by Gasteiger charge is 2.08. The molecule has 122 valence electrons. The van der Waals surface area contributed by atoms with Crippen molar-refractivity contribution in [3.8, 4) is 11.8 Å². The van der Waals surface area contributed by atoms with Gasteiger partial charge in [0, 0.05) is 34.7 Å². The molecule has 0 aliphatic heterocycles. The van der Waals surface area contributed by atoms with E-state index >= 15 is 0 Å². The molecule has 0 bridgehead atoms. The van der Waals surface area contributed by atoms with E-state index in [-0.39, 0.29) is 5.69 Å². The number of halogens is 1. The average molecular weight is 350 g/mol. The Morgan fingerprint density at radius 3 is 2.40 bits per heavy atom. The highest BCUT2D eigenvalue weighted by molar-refractivity contribution is 6.30. The molecule has 0 saturated heterocycles. The molecule has 0 aliphatic rings. The Kier molecular flexibility index (Phi) is 4.64. The molecule has 0 aliphatic carbocycles. The Labute approximate surface area is 149 Å². The third-order valence-corrected chi connectivity index (χ3v) is 3.94. The van der Waals surface area contributed by atoms with Crippen molar-refractivity contribution < 1.29 is 4.92 Å². The molecule has 0 radical (unpaired) electrons. The maximum Gasteiger partial charge on any atom is 0.269 e. The molecular weight excluding hydrogens is 338 g/mol. The molecule has 3 aromatic rings. The number of nitrogens with zero attached hydrogens (tertiary/aromatic N) is 3. The fraction of sp³-hybridized carbons (Fsp3) is 0. The van der Waals surface area contributed by atoms with Gasteiger partial charge in [0.1, 0.15) is 0 Å². The van der Waals surface area contributed by atoms with Gasteiger partial charge in [-0.25, -0.2) is 0 Å². The topological polar surface area (TPSA) is 71.9 Å². The molecule has 0 unspecified atom stereocenters. The monoisotopic (exact) mass is 349 g/mol. The number of aromatic nitrogens is 1. The molecular formula is C19H12ClN3O2. The first kappa shape index (κ1) is 16.5. The summed E-state index contributed by atoms with van der Waals surface area (Å²) in [6.07, 6.45) is 3.61. The van der Waals surface area contributed by atoms with Crippen LogP contribution in [0.25, 0.3) is 17.3 Å². The van der Waals surface area contributed by atoms with Crippen molar-refractivity contribution in [1.29, 1.82) is 5.26 Å². The summed E-state index contributed by atoms with van der Waals surface area (Å²) < 4.78 is 1.86. The Hall–Kier alpha value is -3.36. The van der Waals surface area contributed by atoms with Crippen LogP contribution in [-0.4, -0.2) is 9.49 Å². The predicted molar refractivity (Wildman–Crippen MR) is 97.4 cm³/mol. The van der Waals surface area contributed by atoms with Gasteiger partial charge in [-0.3, -0.25) is 10.1 Å². The van der Waals surface area contributed by atoms with Crippen LogP contribution in [0, 0.1) is 21.4 Å².